The number of amides is 2. The van der Waals surface area contributed by atoms with Crippen LogP contribution in [0.2, 0.25) is 0 Å². The minimum absolute atomic E-state index is 0.266. The van der Waals surface area contributed by atoms with Gasteiger partial charge in [0.2, 0.25) is 0 Å². The third-order valence-electron chi connectivity index (χ3n) is 3.17. The molecule has 1 aromatic carbocycles. The summed E-state index contributed by atoms with van der Waals surface area (Å²) < 4.78 is 37.2. The molecular weight excluding hydrogens is 297 g/mol. The molecule has 1 atom stereocenters. The highest BCUT2D eigenvalue weighted by Gasteiger charge is 2.30. The Hall–Kier alpha value is -1.76. The van der Waals surface area contributed by atoms with Gasteiger partial charge in [0.05, 0.1) is 11.7 Å². The number of hydrogen-bond donors (Lipinski definition) is 3. The van der Waals surface area contributed by atoms with Crippen molar-refractivity contribution >= 4 is 11.7 Å². The first kappa shape index (κ1) is 18.3. The predicted octanol–water partition coefficient (Wildman–Crippen LogP) is 3.62. The number of anilines is 1. The van der Waals surface area contributed by atoms with Gasteiger partial charge in [0.1, 0.15) is 0 Å². The van der Waals surface area contributed by atoms with Gasteiger partial charge < -0.3 is 15.7 Å². The molecule has 0 saturated carbocycles. The largest absolute Gasteiger partial charge is 0.416 e. The third-order valence-corrected chi connectivity index (χ3v) is 3.17. The van der Waals surface area contributed by atoms with Crippen LogP contribution in [0.15, 0.2) is 24.3 Å². The number of carbonyl (C=O) groups excluding carboxylic acids is 1. The number of rotatable bonds is 4. The molecule has 4 nitrogen and oxygen atoms in total. The number of nitrogens with one attached hydrogen (secondary N) is 2. The van der Waals surface area contributed by atoms with E-state index in [2.05, 4.69) is 10.6 Å². The van der Waals surface area contributed by atoms with E-state index in [0.717, 1.165) is 12.1 Å². The van der Waals surface area contributed by atoms with Crippen LogP contribution in [0.25, 0.3) is 0 Å². The van der Waals surface area contributed by atoms with Crippen LogP contribution in [0, 0.1) is 5.41 Å². The molecule has 0 spiro atoms. The molecule has 0 aliphatic rings. The van der Waals surface area contributed by atoms with Crippen LogP contribution in [0.4, 0.5) is 23.7 Å². The topological polar surface area (TPSA) is 61.4 Å². The van der Waals surface area contributed by atoms with E-state index in [1.165, 1.54) is 12.1 Å². The molecule has 1 aromatic rings. The minimum atomic E-state index is -4.40. The summed E-state index contributed by atoms with van der Waals surface area (Å²) in [5.74, 6) is 0. The lowest BCUT2D eigenvalue weighted by atomic mass is 9.87. The number of benzene rings is 1. The van der Waals surface area contributed by atoms with Gasteiger partial charge in [0, 0.05) is 12.2 Å². The Labute approximate surface area is 127 Å². The van der Waals surface area contributed by atoms with Gasteiger partial charge in [-0.2, -0.15) is 13.2 Å². The molecule has 2 amide bonds. The second-order valence-corrected chi connectivity index (χ2v) is 6.13. The summed E-state index contributed by atoms with van der Waals surface area (Å²) in [5, 5.41) is 14.8. The molecule has 0 bridgehead atoms. The molecule has 3 N–H and O–H groups in total. The summed E-state index contributed by atoms with van der Waals surface area (Å²) in [6, 6.07) is 3.65. The van der Waals surface area contributed by atoms with Crippen LogP contribution in [-0.4, -0.2) is 23.8 Å². The molecule has 1 rings (SSSR count). The molecule has 124 valence electrons. The third kappa shape index (κ3) is 5.93. The second kappa shape index (κ2) is 7.00. The molecule has 0 aliphatic carbocycles. The quantitative estimate of drug-likeness (QED) is 0.794. The number of aliphatic hydroxyl groups excluding tert-OH is 1. The van der Waals surface area contributed by atoms with Gasteiger partial charge in [0.15, 0.2) is 0 Å². The monoisotopic (exact) mass is 318 g/mol. The summed E-state index contributed by atoms with van der Waals surface area (Å²) in [5.41, 5.74) is -0.778. The first-order valence-electron chi connectivity index (χ1n) is 6.90. The van der Waals surface area contributed by atoms with E-state index in [4.69, 9.17) is 0 Å². The van der Waals surface area contributed by atoms with Gasteiger partial charge in [-0.25, -0.2) is 4.79 Å². The molecule has 0 aliphatic heterocycles. The average Bonchev–Trinajstić information content (AvgIpc) is 2.37. The summed E-state index contributed by atoms with van der Waals surface area (Å²) in [7, 11) is 0. The van der Waals surface area contributed by atoms with Crippen molar-refractivity contribution in [3.05, 3.63) is 29.8 Å². The predicted molar refractivity (Wildman–Crippen MR) is 78.5 cm³/mol. The van der Waals surface area contributed by atoms with E-state index >= 15 is 0 Å². The normalized spacial score (nSPS) is 13.6. The van der Waals surface area contributed by atoms with Gasteiger partial charge in [-0.15, -0.1) is 0 Å². The molecule has 7 heteroatoms. The lowest BCUT2D eigenvalue weighted by molar-refractivity contribution is -0.137. The molecule has 1 unspecified atom stereocenters. The van der Waals surface area contributed by atoms with E-state index < -0.39 is 23.9 Å². The van der Waals surface area contributed by atoms with Crippen molar-refractivity contribution in [3.63, 3.8) is 0 Å². The van der Waals surface area contributed by atoms with Crippen molar-refractivity contribution in [2.45, 2.75) is 39.5 Å². The second-order valence-electron chi connectivity index (χ2n) is 6.13. The fourth-order valence-electron chi connectivity index (χ4n) is 1.67. The highest BCUT2D eigenvalue weighted by Crippen LogP contribution is 2.29. The Morgan fingerprint density at radius 3 is 2.18 bits per heavy atom. The van der Waals surface area contributed by atoms with Crippen molar-refractivity contribution < 1.29 is 23.1 Å². The van der Waals surface area contributed by atoms with Crippen molar-refractivity contribution in [3.8, 4) is 0 Å². The highest BCUT2D eigenvalue weighted by molar-refractivity contribution is 5.89. The smallest absolute Gasteiger partial charge is 0.393 e. The lowest BCUT2D eigenvalue weighted by Crippen LogP contribution is -2.34. The highest BCUT2D eigenvalue weighted by atomic mass is 19.4. The maximum atomic E-state index is 12.4. The van der Waals surface area contributed by atoms with E-state index in [-0.39, 0.29) is 17.6 Å². The number of halogens is 3. The standard InChI is InChI=1S/C15H21F3N2O2/c1-14(2,3)12(21)8-9-19-13(22)20-11-6-4-10(5-7-11)15(16,17)18/h4-7,12,21H,8-9H2,1-3H3,(H2,19,20,22). The average molecular weight is 318 g/mol. The zero-order valence-corrected chi connectivity index (χ0v) is 12.8. The SMILES string of the molecule is CC(C)(C)C(O)CCNC(=O)Nc1ccc(C(F)(F)F)cc1. The van der Waals surface area contributed by atoms with Crippen molar-refractivity contribution in [2.24, 2.45) is 5.41 Å². The molecule has 0 heterocycles. The number of aliphatic hydroxyl groups is 1. The maximum Gasteiger partial charge on any atom is 0.416 e. The van der Waals surface area contributed by atoms with Crippen LogP contribution in [-0.2, 0) is 6.18 Å². The Kier molecular flexibility index (Phi) is 5.82. The van der Waals surface area contributed by atoms with Crippen LogP contribution in [0.5, 0.6) is 0 Å². The number of carbonyl (C=O) groups is 1. The van der Waals surface area contributed by atoms with Crippen molar-refractivity contribution in [1.82, 2.24) is 5.32 Å². The molecule has 0 aromatic heterocycles. The van der Waals surface area contributed by atoms with Gasteiger partial charge >= 0.3 is 12.2 Å². The van der Waals surface area contributed by atoms with E-state index in [0.29, 0.717) is 6.42 Å². The Balaban J connectivity index is 2.43. The zero-order valence-electron chi connectivity index (χ0n) is 12.8. The number of hydrogen-bond acceptors (Lipinski definition) is 2. The fraction of sp³-hybridized carbons (Fsp3) is 0.533. The fourth-order valence-corrected chi connectivity index (χ4v) is 1.67. The number of alkyl halides is 3. The maximum absolute atomic E-state index is 12.4. The Bertz CT molecular complexity index is 493. The Morgan fingerprint density at radius 2 is 1.73 bits per heavy atom. The summed E-state index contributed by atoms with van der Waals surface area (Å²) >= 11 is 0. The lowest BCUT2D eigenvalue weighted by Gasteiger charge is -2.25. The summed E-state index contributed by atoms with van der Waals surface area (Å²) in [4.78, 5) is 11.6. The van der Waals surface area contributed by atoms with Gasteiger partial charge in [0.25, 0.3) is 0 Å². The first-order valence-corrected chi connectivity index (χ1v) is 6.90. The minimum Gasteiger partial charge on any atom is -0.393 e. The van der Waals surface area contributed by atoms with Crippen molar-refractivity contribution in [2.75, 3.05) is 11.9 Å². The van der Waals surface area contributed by atoms with Crippen LogP contribution in [0.3, 0.4) is 0 Å². The molecule has 0 saturated heterocycles. The van der Waals surface area contributed by atoms with Crippen molar-refractivity contribution in [1.29, 1.82) is 0 Å². The molecule has 22 heavy (non-hydrogen) atoms. The van der Waals surface area contributed by atoms with Crippen LogP contribution >= 0.6 is 0 Å². The van der Waals surface area contributed by atoms with Gasteiger partial charge in [-0.05, 0) is 36.1 Å². The Morgan fingerprint density at radius 1 is 1.18 bits per heavy atom. The van der Waals surface area contributed by atoms with Crippen LogP contribution < -0.4 is 10.6 Å². The molecule has 0 radical (unpaired) electrons. The van der Waals surface area contributed by atoms with Gasteiger partial charge in [-0.1, -0.05) is 20.8 Å². The van der Waals surface area contributed by atoms with E-state index in [1.54, 1.807) is 0 Å². The number of urea groups is 1. The molecular formula is C15H21F3N2O2. The summed E-state index contributed by atoms with van der Waals surface area (Å²) in [6.07, 6.45) is -4.56. The zero-order chi connectivity index (χ0) is 17.0. The van der Waals surface area contributed by atoms with E-state index in [1.807, 2.05) is 20.8 Å². The molecule has 0 fully saturated rings. The first-order chi connectivity index (χ1) is 10.00. The van der Waals surface area contributed by atoms with Gasteiger partial charge in [-0.3, -0.25) is 0 Å². The van der Waals surface area contributed by atoms with Crippen LogP contribution in [0.1, 0.15) is 32.8 Å². The van der Waals surface area contributed by atoms with E-state index in [9.17, 15) is 23.1 Å². The summed E-state index contributed by atoms with van der Waals surface area (Å²) in [6.45, 7) is 5.94.